The van der Waals surface area contributed by atoms with Crippen molar-refractivity contribution >= 4 is 15.9 Å². The summed E-state index contributed by atoms with van der Waals surface area (Å²) in [6, 6.07) is 11.8. The van der Waals surface area contributed by atoms with Gasteiger partial charge in [0.05, 0.1) is 11.1 Å². The van der Waals surface area contributed by atoms with Crippen molar-refractivity contribution in [2.45, 2.75) is 13.0 Å². The number of aromatic nitrogens is 3. The highest BCUT2D eigenvalue weighted by Crippen LogP contribution is 2.23. The Morgan fingerprint density at radius 2 is 1.87 bits per heavy atom. The topological polar surface area (TPSA) is 60.9 Å². The molecule has 0 bridgehead atoms. The number of hydrogen-bond donors (Lipinski definition) is 0. The molecule has 23 heavy (non-hydrogen) atoms. The largest absolute Gasteiger partial charge is 0.415 e. The zero-order valence-corrected chi connectivity index (χ0v) is 13.2. The molecule has 0 radical (unpaired) electrons. The molecule has 0 aliphatic heterocycles. The lowest BCUT2D eigenvalue weighted by Crippen LogP contribution is -2.19. The van der Waals surface area contributed by atoms with E-state index >= 15 is 0 Å². The zero-order valence-electron chi connectivity index (χ0n) is 11.6. The molecule has 0 saturated heterocycles. The van der Waals surface area contributed by atoms with Gasteiger partial charge < -0.3 is 4.42 Å². The summed E-state index contributed by atoms with van der Waals surface area (Å²) in [5, 5.41) is 6.88. The standard InChI is InChI=1S/C15H10BrF2N3O2/c16-11-2-1-3-12(22)21(11)8-9-4-6-10(7-5-9)14-19-20-15(23-14)13(17)18/h1-7,13H,8H2. The zero-order chi connectivity index (χ0) is 16.4. The number of nitrogens with zero attached hydrogens (tertiary/aromatic N) is 3. The molecule has 1 aromatic carbocycles. The van der Waals surface area contributed by atoms with Crippen LogP contribution in [0, 0.1) is 0 Å². The number of halogens is 3. The number of pyridine rings is 1. The quantitative estimate of drug-likeness (QED) is 0.647. The molecule has 0 unspecified atom stereocenters. The molecule has 2 heterocycles. The van der Waals surface area contributed by atoms with E-state index in [0.717, 1.165) is 5.56 Å². The second-order valence-electron chi connectivity index (χ2n) is 4.72. The summed E-state index contributed by atoms with van der Waals surface area (Å²) in [4.78, 5) is 11.8. The monoisotopic (exact) mass is 381 g/mol. The van der Waals surface area contributed by atoms with Gasteiger partial charge in [0.15, 0.2) is 0 Å². The second-order valence-corrected chi connectivity index (χ2v) is 5.53. The summed E-state index contributed by atoms with van der Waals surface area (Å²) >= 11 is 3.33. The average molecular weight is 382 g/mol. The Balaban J connectivity index is 1.83. The van der Waals surface area contributed by atoms with Crippen molar-refractivity contribution < 1.29 is 13.2 Å². The first-order chi connectivity index (χ1) is 11.0. The van der Waals surface area contributed by atoms with Crippen LogP contribution in [0.4, 0.5) is 8.78 Å². The predicted molar refractivity (Wildman–Crippen MR) is 82.2 cm³/mol. The van der Waals surface area contributed by atoms with E-state index in [0.29, 0.717) is 16.7 Å². The van der Waals surface area contributed by atoms with Crippen LogP contribution < -0.4 is 5.56 Å². The van der Waals surface area contributed by atoms with Gasteiger partial charge in [0.1, 0.15) is 0 Å². The summed E-state index contributed by atoms with van der Waals surface area (Å²) in [6.45, 7) is 0.382. The van der Waals surface area contributed by atoms with Gasteiger partial charge in [-0.2, -0.15) is 8.78 Å². The van der Waals surface area contributed by atoms with E-state index in [-0.39, 0.29) is 11.4 Å². The van der Waals surface area contributed by atoms with Crippen LogP contribution in [0.5, 0.6) is 0 Å². The van der Waals surface area contributed by atoms with Gasteiger partial charge >= 0.3 is 6.43 Å². The first kappa shape index (κ1) is 15.5. The van der Waals surface area contributed by atoms with Crippen LogP contribution >= 0.6 is 15.9 Å². The summed E-state index contributed by atoms with van der Waals surface area (Å²) < 4.78 is 32.0. The molecule has 0 amide bonds. The maximum atomic E-state index is 12.4. The minimum atomic E-state index is -2.79. The highest BCUT2D eigenvalue weighted by molar-refractivity contribution is 9.10. The van der Waals surface area contributed by atoms with Crippen LogP contribution in [0.15, 0.2) is 56.3 Å². The highest BCUT2D eigenvalue weighted by Gasteiger charge is 2.16. The van der Waals surface area contributed by atoms with Gasteiger partial charge in [0.25, 0.3) is 11.4 Å². The Morgan fingerprint density at radius 1 is 1.13 bits per heavy atom. The summed E-state index contributed by atoms with van der Waals surface area (Å²) in [5.74, 6) is -0.672. The molecule has 0 fully saturated rings. The SMILES string of the molecule is O=c1cccc(Br)n1Cc1ccc(-c2nnc(C(F)F)o2)cc1. The third-order valence-corrected chi connectivity index (χ3v) is 3.86. The Morgan fingerprint density at radius 3 is 2.48 bits per heavy atom. The van der Waals surface area contributed by atoms with E-state index in [1.165, 1.54) is 6.07 Å². The maximum Gasteiger partial charge on any atom is 0.314 e. The maximum absolute atomic E-state index is 12.4. The van der Waals surface area contributed by atoms with Crippen LogP contribution in [0.25, 0.3) is 11.5 Å². The molecule has 2 aromatic heterocycles. The van der Waals surface area contributed by atoms with Crippen LogP contribution in [0.2, 0.25) is 0 Å². The Labute approximate surface area is 137 Å². The van der Waals surface area contributed by atoms with E-state index in [9.17, 15) is 13.6 Å². The van der Waals surface area contributed by atoms with E-state index in [2.05, 4.69) is 26.1 Å². The van der Waals surface area contributed by atoms with E-state index in [4.69, 9.17) is 4.42 Å². The van der Waals surface area contributed by atoms with Crippen LogP contribution in [0.3, 0.4) is 0 Å². The molecular weight excluding hydrogens is 372 g/mol. The number of rotatable bonds is 4. The molecule has 5 nitrogen and oxygen atoms in total. The summed E-state index contributed by atoms with van der Waals surface area (Å²) in [5.41, 5.74) is 1.28. The van der Waals surface area contributed by atoms with Gasteiger partial charge in [-0.1, -0.05) is 18.2 Å². The van der Waals surface area contributed by atoms with Gasteiger partial charge in [-0.25, -0.2) is 0 Å². The fourth-order valence-corrected chi connectivity index (χ4v) is 2.48. The van der Waals surface area contributed by atoms with Gasteiger partial charge in [-0.3, -0.25) is 9.36 Å². The van der Waals surface area contributed by atoms with Crippen LogP contribution in [-0.2, 0) is 6.54 Å². The van der Waals surface area contributed by atoms with Crippen molar-refractivity contribution in [3.05, 3.63) is 68.9 Å². The minimum Gasteiger partial charge on any atom is -0.415 e. The third kappa shape index (κ3) is 3.37. The molecule has 3 rings (SSSR count). The molecular formula is C15H10BrF2N3O2. The van der Waals surface area contributed by atoms with Crippen molar-refractivity contribution in [3.8, 4) is 11.5 Å². The molecule has 0 aliphatic rings. The fourth-order valence-electron chi connectivity index (χ4n) is 2.02. The molecule has 0 N–H and O–H groups in total. The van der Waals surface area contributed by atoms with Crippen LogP contribution in [0.1, 0.15) is 17.9 Å². The number of hydrogen-bond acceptors (Lipinski definition) is 4. The first-order valence-corrected chi connectivity index (χ1v) is 7.40. The fraction of sp³-hybridized carbons (Fsp3) is 0.133. The second kappa shape index (κ2) is 6.41. The molecule has 8 heteroatoms. The molecule has 3 aromatic rings. The van der Waals surface area contributed by atoms with Crippen LogP contribution in [-0.4, -0.2) is 14.8 Å². The smallest absolute Gasteiger partial charge is 0.314 e. The van der Waals surface area contributed by atoms with E-state index in [1.807, 2.05) is 0 Å². The van der Waals surface area contributed by atoms with Gasteiger partial charge in [0, 0.05) is 11.6 Å². The number of benzene rings is 1. The molecule has 0 aliphatic carbocycles. The third-order valence-electron chi connectivity index (χ3n) is 3.17. The van der Waals surface area contributed by atoms with Crippen molar-refractivity contribution in [1.29, 1.82) is 0 Å². The highest BCUT2D eigenvalue weighted by atomic mass is 79.9. The molecule has 0 spiro atoms. The van der Waals surface area contributed by atoms with Crippen molar-refractivity contribution in [2.75, 3.05) is 0 Å². The Kier molecular flexibility index (Phi) is 4.33. The van der Waals surface area contributed by atoms with Crippen molar-refractivity contribution in [1.82, 2.24) is 14.8 Å². The normalized spacial score (nSPS) is 11.1. The van der Waals surface area contributed by atoms with Crippen molar-refractivity contribution in [2.24, 2.45) is 0 Å². The van der Waals surface area contributed by atoms with Gasteiger partial charge in [-0.05, 0) is 39.7 Å². The van der Waals surface area contributed by atoms with E-state index < -0.39 is 12.3 Å². The summed E-state index contributed by atoms with van der Waals surface area (Å²) in [6.07, 6.45) is -2.79. The molecule has 118 valence electrons. The Hall–Kier alpha value is -2.35. The summed E-state index contributed by atoms with van der Waals surface area (Å²) in [7, 11) is 0. The lowest BCUT2D eigenvalue weighted by atomic mass is 10.1. The minimum absolute atomic E-state index is 0.0323. The lowest BCUT2D eigenvalue weighted by molar-refractivity contribution is 0.116. The predicted octanol–water partition coefficient (Wildman–Crippen LogP) is 3.65. The van der Waals surface area contributed by atoms with Gasteiger partial charge in [0.2, 0.25) is 5.89 Å². The molecule has 0 atom stereocenters. The first-order valence-electron chi connectivity index (χ1n) is 6.61. The average Bonchev–Trinajstić information content (AvgIpc) is 3.02. The molecule has 0 saturated carbocycles. The Bertz CT molecular complexity index is 875. The van der Waals surface area contributed by atoms with Gasteiger partial charge in [-0.15, -0.1) is 10.2 Å². The van der Waals surface area contributed by atoms with E-state index in [1.54, 1.807) is 41.0 Å². The van der Waals surface area contributed by atoms with Crippen molar-refractivity contribution in [3.63, 3.8) is 0 Å². The lowest BCUT2D eigenvalue weighted by Gasteiger charge is -2.08. The number of alkyl halides is 2.